The van der Waals surface area contributed by atoms with E-state index in [0.717, 1.165) is 6.08 Å². The van der Waals surface area contributed by atoms with Crippen LogP contribution < -0.4 is 14.8 Å². The molecule has 2 rings (SSSR count). The first kappa shape index (κ1) is 15.2. The molecule has 1 aromatic carbocycles. The number of esters is 2. The van der Waals surface area contributed by atoms with Gasteiger partial charge >= 0.3 is 11.9 Å². The summed E-state index contributed by atoms with van der Waals surface area (Å²) in [5.41, 5.74) is 0.306. The Morgan fingerprint density at radius 3 is 2.55 bits per heavy atom. The number of benzene rings is 1. The van der Waals surface area contributed by atoms with Crippen LogP contribution in [0.15, 0.2) is 23.9 Å². The molecule has 0 fully saturated rings. The van der Waals surface area contributed by atoms with E-state index in [1.54, 1.807) is 0 Å². The van der Waals surface area contributed by atoms with Gasteiger partial charge in [0.25, 0.3) is 0 Å². The summed E-state index contributed by atoms with van der Waals surface area (Å²) in [6, 6.07) is 4.93. The van der Waals surface area contributed by atoms with Crippen LogP contribution in [0, 0.1) is 11.3 Å². The van der Waals surface area contributed by atoms with E-state index < -0.39 is 11.9 Å². The van der Waals surface area contributed by atoms with E-state index in [9.17, 15) is 14.9 Å². The number of carbonyl (C=O) groups excluding carboxylic acids is 2. The molecule has 114 valence electrons. The zero-order valence-corrected chi connectivity index (χ0v) is 11.8. The second kappa shape index (κ2) is 6.49. The number of hydrogen-bond donors (Lipinski definition) is 1. The van der Waals surface area contributed by atoms with Crippen molar-refractivity contribution in [3.63, 3.8) is 0 Å². The van der Waals surface area contributed by atoms with Crippen LogP contribution in [-0.4, -0.2) is 33.0 Å². The van der Waals surface area contributed by atoms with Gasteiger partial charge in [-0.2, -0.15) is 5.26 Å². The number of nitrogens with one attached hydrogen (secondary N) is 1. The highest BCUT2D eigenvalue weighted by molar-refractivity contribution is 5.99. The molecule has 0 saturated heterocycles. The Bertz CT molecular complexity index is 689. The van der Waals surface area contributed by atoms with E-state index in [1.807, 2.05) is 6.07 Å². The number of methoxy groups -OCH3 is 2. The molecule has 0 atom stereocenters. The minimum atomic E-state index is -0.785. The van der Waals surface area contributed by atoms with Gasteiger partial charge in [-0.1, -0.05) is 0 Å². The molecule has 1 aromatic rings. The van der Waals surface area contributed by atoms with Gasteiger partial charge in [0.2, 0.25) is 6.79 Å². The maximum atomic E-state index is 11.7. The summed E-state index contributed by atoms with van der Waals surface area (Å²) < 4.78 is 19.4. The quantitative estimate of drug-likeness (QED) is 0.646. The van der Waals surface area contributed by atoms with Crippen LogP contribution in [0.5, 0.6) is 11.5 Å². The van der Waals surface area contributed by atoms with Gasteiger partial charge in [0.1, 0.15) is 11.8 Å². The Balaban J connectivity index is 2.38. The van der Waals surface area contributed by atoms with Gasteiger partial charge in [-0.05, 0) is 0 Å². The molecule has 0 amide bonds. The average Bonchev–Trinajstić information content (AvgIpc) is 2.99. The molecule has 1 aliphatic heterocycles. The van der Waals surface area contributed by atoms with Gasteiger partial charge < -0.3 is 24.3 Å². The lowest BCUT2D eigenvalue weighted by Crippen LogP contribution is -2.16. The zero-order chi connectivity index (χ0) is 16.1. The number of nitriles is 1. The molecular formula is C14H12N2O6. The maximum absolute atomic E-state index is 11.7. The number of fused-ring (bicyclic) bond motifs is 1. The second-order valence-corrected chi connectivity index (χ2v) is 4.06. The molecule has 22 heavy (non-hydrogen) atoms. The van der Waals surface area contributed by atoms with E-state index >= 15 is 0 Å². The van der Waals surface area contributed by atoms with Crippen LogP contribution >= 0.6 is 0 Å². The number of carbonyl (C=O) groups is 2. The predicted octanol–water partition coefficient (Wildman–Crippen LogP) is 0.929. The second-order valence-electron chi connectivity index (χ2n) is 4.06. The molecule has 0 aliphatic carbocycles. The molecule has 0 saturated carbocycles. The summed E-state index contributed by atoms with van der Waals surface area (Å²) in [7, 11) is 2.34. The van der Waals surface area contributed by atoms with Crippen molar-refractivity contribution in [2.45, 2.75) is 0 Å². The SMILES string of the molecule is COC(=O)/C=C(/Nc1cc2c(cc1C#N)OCO2)C(=O)OC. The first-order chi connectivity index (χ1) is 10.6. The highest BCUT2D eigenvalue weighted by Crippen LogP contribution is 2.37. The van der Waals surface area contributed by atoms with Gasteiger partial charge in [-0.15, -0.1) is 0 Å². The molecule has 0 aromatic heterocycles. The maximum Gasteiger partial charge on any atom is 0.354 e. The van der Waals surface area contributed by atoms with Crippen molar-refractivity contribution < 1.29 is 28.5 Å². The van der Waals surface area contributed by atoms with E-state index in [2.05, 4.69) is 14.8 Å². The number of nitrogens with zero attached hydrogens (tertiary/aromatic N) is 1. The third-order valence-electron chi connectivity index (χ3n) is 2.77. The van der Waals surface area contributed by atoms with Crippen molar-refractivity contribution in [3.05, 3.63) is 29.5 Å². The van der Waals surface area contributed by atoms with Crippen molar-refractivity contribution in [2.75, 3.05) is 26.3 Å². The summed E-state index contributed by atoms with van der Waals surface area (Å²) in [6.07, 6.45) is 0.928. The lowest BCUT2D eigenvalue weighted by molar-refractivity contribution is -0.138. The summed E-state index contributed by atoms with van der Waals surface area (Å²) in [5.74, 6) is -0.679. The highest BCUT2D eigenvalue weighted by atomic mass is 16.7. The Kier molecular flexibility index (Phi) is 4.48. The highest BCUT2D eigenvalue weighted by Gasteiger charge is 2.20. The average molecular weight is 304 g/mol. The number of hydrogen-bond acceptors (Lipinski definition) is 8. The Hall–Kier alpha value is -3.21. The summed E-state index contributed by atoms with van der Waals surface area (Å²) in [5, 5.41) is 11.8. The van der Waals surface area contributed by atoms with Crippen LogP contribution in [0.4, 0.5) is 5.69 Å². The number of rotatable bonds is 4. The summed E-state index contributed by atoms with van der Waals surface area (Å²) >= 11 is 0. The topological polar surface area (TPSA) is 107 Å². The van der Waals surface area contributed by atoms with Crippen LogP contribution in [0.1, 0.15) is 5.56 Å². The van der Waals surface area contributed by atoms with Crippen LogP contribution in [0.2, 0.25) is 0 Å². The number of anilines is 1. The molecule has 1 aliphatic rings. The fourth-order valence-corrected chi connectivity index (χ4v) is 1.72. The monoisotopic (exact) mass is 304 g/mol. The largest absolute Gasteiger partial charge is 0.466 e. The molecule has 1 N–H and O–H groups in total. The van der Waals surface area contributed by atoms with Crippen molar-refractivity contribution in [2.24, 2.45) is 0 Å². The van der Waals surface area contributed by atoms with Gasteiger partial charge in [-0.3, -0.25) is 0 Å². The smallest absolute Gasteiger partial charge is 0.354 e. The normalized spacial score (nSPS) is 12.3. The number of ether oxygens (including phenoxy) is 4. The molecule has 8 heteroatoms. The lowest BCUT2D eigenvalue weighted by atomic mass is 10.1. The van der Waals surface area contributed by atoms with Gasteiger partial charge in [0, 0.05) is 12.1 Å². The van der Waals surface area contributed by atoms with Crippen molar-refractivity contribution >= 4 is 17.6 Å². The molecule has 0 radical (unpaired) electrons. The molecule has 1 heterocycles. The van der Waals surface area contributed by atoms with Gasteiger partial charge in [-0.25, -0.2) is 9.59 Å². The van der Waals surface area contributed by atoms with Gasteiger partial charge in [0.05, 0.1) is 31.5 Å². The van der Waals surface area contributed by atoms with E-state index in [-0.39, 0.29) is 23.7 Å². The Morgan fingerprint density at radius 2 is 1.95 bits per heavy atom. The Morgan fingerprint density at radius 1 is 1.27 bits per heavy atom. The lowest BCUT2D eigenvalue weighted by Gasteiger charge is -2.11. The van der Waals surface area contributed by atoms with E-state index in [4.69, 9.17) is 9.47 Å². The third kappa shape index (κ3) is 3.09. The van der Waals surface area contributed by atoms with Crippen LogP contribution in [-0.2, 0) is 19.1 Å². The summed E-state index contributed by atoms with van der Waals surface area (Å²) in [4.78, 5) is 23.0. The minimum Gasteiger partial charge on any atom is -0.466 e. The standard InChI is InChI=1S/C14H12N2O6/c1-19-13(17)5-10(14(18)20-2)16-9-4-12-11(21-7-22-12)3-8(9)6-15/h3-5,16H,7H2,1-2H3/b10-5+. The molecule has 8 nitrogen and oxygen atoms in total. The molecule has 0 bridgehead atoms. The molecular weight excluding hydrogens is 292 g/mol. The fraction of sp³-hybridized carbons (Fsp3) is 0.214. The third-order valence-corrected chi connectivity index (χ3v) is 2.77. The fourth-order valence-electron chi connectivity index (χ4n) is 1.72. The summed E-state index contributed by atoms with van der Waals surface area (Å²) in [6.45, 7) is 0.0471. The van der Waals surface area contributed by atoms with Crippen molar-refractivity contribution in [1.82, 2.24) is 0 Å². The van der Waals surface area contributed by atoms with Crippen LogP contribution in [0.25, 0.3) is 0 Å². The van der Waals surface area contributed by atoms with Gasteiger partial charge in [0.15, 0.2) is 11.5 Å². The Labute approximate surface area is 125 Å². The van der Waals surface area contributed by atoms with Crippen molar-refractivity contribution in [3.8, 4) is 17.6 Å². The molecule has 0 unspecified atom stereocenters. The predicted molar refractivity (Wildman–Crippen MR) is 73.0 cm³/mol. The first-order valence-corrected chi connectivity index (χ1v) is 6.07. The first-order valence-electron chi connectivity index (χ1n) is 6.07. The molecule has 0 spiro atoms. The van der Waals surface area contributed by atoms with E-state index in [1.165, 1.54) is 26.4 Å². The van der Waals surface area contributed by atoms with Crippen molar-refractivity contribution in [1.29, 1.82) is 5.26 Å². The van der Waals surface area contributed by atoms with E-state index in [0.29, 0.717) is 11.5 Å². The van der Waals surface area contributed by atoms with Crippen LogP contribution in [0.3, 0.4) is 0 Å². The minimum absolute atomic E-state index is 0.0471. The zero-order valence-electron chi connectivity index (χ0n) is 11.8.